The number of hydrogen-bond acceptors (Lipinski definition) is 4. The molecule has 5 nitrogen and oxygen atoms in total. The first-order chi connectivity index (χ1) is 10.2. The maximum atomic E-state index is 10.8. The lowest BCUT2D eigenvalue weighted by Gasteiger charge is -2.08. The second kappa shape index (κ2) is 5.58. The Hall–Kier alpha value is -2.95. The van der Waals surface area contributed by atoms with Gasteiger partial charge >= 0.3 is 0 Å². The Morgan fingerprint density at radius 1 is 1.10 bits per heavy atom. The molecule has 5 heteroatoms. The summed E-state index contributed by atoms with van der Waals surface area (Å²) in [6.07, 6.45) is 1.76. The molecule has 0 atom stereocenters. The summed E-state index contributed by atoms with van der Waals surface area (Å²) in [7, 11) is 0. The zero-order valence-corrected chi connectivity index (χ0v) is 11.2. The molecule has 21 heavy (non-hydrogen) atoms. The molecule has 0 aliphatic carbocycles. The summed E-state index contributed by atoms with van der Waals surface area (Å²) in [5.41, 5.74) is 2.80. The van der Waals surface area contributed by atoms with Crippen LogP contribution in [-0.4, -0.2) is 9.91 Å². The molecule has 1 N–H and O–H groups in total. The maximum Gasteiger partial charge on any atom is 0.271 e. The average Bonchev–Trinajstić information content (AvgIpc) is 2.53. The highest BCUT2D eigenvalue weighted by molar-refractivity contribution is 5.81. The summed E-state index contributed by atoms with van der Waals surface area (Å²) in [6, 6.07) is 16.4. The van der Waals surface area contributed by atoms with Crippen molar-refractivity contribution in [1.29, 1.82) is 0 Å². The quantitative estimate of drug-likeness (QED) is 0.583. The van der Waals surface area contributed by atoms with Crippen LogP contribution in [0.2, 0.25) is 0 Å². The molecule has 0 radical (unpaired) electrons. The van der Waals surface area contributed by atoms with Crippen LogP contribution < -0.4 is 5.32 Å². The first kappa shape index (κ1) is 13.1. The number of benzene rings is 2. The molecule has 0 fully saturated rings. The standard InChI is InChI=1S/C16H13N3O2/c20-19(21)15-8-2-7-14(10-15)18-11-13-5-1-4-12-6-3-9-17-16(12)13/h1-10,18H,11H2. The predicted molar refractivity (Wildman–Crippen MR) is 82.2 cm³/mol. The van der Waals surface area contributed by atoms with Crippen LogP contribution in [0.25, 0.3) is 10.9 Å². The van der Waals surface area contributed by atoms with E-state index < -0.39 is 4.92 Å². The molecular weight excluding hydrogens is 266 g/mol. The van der Waals surface area contributed by atoms with Gasteiger partial charge in [-0.3, -0.25) is 15.1 Å². The number of aromatic nitrogens is 1. The zero-order valence-electron chi connectivity index (χ0n) is 11.2. The number of anilines is 1. The van der Waals surface area contributed by atoms with Crippen molar-refractivity contribution in [2.75, 3.05) is 5.32 Å². The van der Waals surface area contributed by atoms with E-state index >= 15 is 0 Å². The van der Waals surface area contributed by atoms with E-state index in [1.807, 2.05) is 36.4 Å². The summed E-state index contributed by atoms with van der Waals surface area (Å²) < 4.78 is 0. The van der Waals surface area contributed by atoms with Gasteiger partial charge in [-0.1, -0.05) is 30.3 Å². The Balaban J connectivity index is 1.84. The minimum absolute atomic E-state index is 0.0797. The highest BCUT2D eigenvalue weighted by Gasteiger charge is 2.06. The van der Waals surface area contributed by atoms with Gasteiger partial charge in [0.25, 0.3) is 5.69 Å². The number of non-ortho nitro benzene ring substituents is 1. The van der Waals surface area contributed by atoms with Gasteiger partial charge in [0.1, 0.15) is 0 Å². The summed E-state index contributed by atoms with van der Waals surface area (Å²) >= 11 is 0. The van der Waals surface area contributed by atoms with E-state index in [0.717, 1.165) is 22.2 Å². The lowest BCUT2D eigenvalue weighted by Crippen LogP contribution is -2.01. The normalized spacial score (nSPS) is 10.5. The maximum absolute atomic E-state index is 10.8. The smallest absolute Gasteiger partial charge is 0.271 e. The van der Waals surface area contributed by atoms with Gasteiger partial charge in [-0.05, 0) is 17.7 Å². The molecular formula is C16H13N3O2. The first-order valence-electron chi connectivity index (χ1n) is 6.55. The van der Waals surface area contributed by atoms with Crippen LogP contribution in [0.5, 0.6) is 0 Å². The molecule has 0 aliphatic rings. The largest absolute Gasteiger partial charge is 0.381 e. The highest BCUT2D eigenvalue weighted by atomic mass is 16.6. The third-order valence-electron chi connectivity index (χ3n) is 3.26. The monoisotopic (exact) mass is 279 g/mol. The molecule has 0 unspecified atom stereocenters. The SMILES string of the molecule is O=[N+]([O-])c1cccc(NCc2cccc3cccnc23)c1. The molecule has 1 aromatic heterocycles. The average molecular weight is 279 g/mol. The number of nitrogens with zero attached hydrogens (tertiary/aromatic N) is 2. The predicted octanol–water partition coefficient (Wildman–Crippen LogP) is 3.76. The fraction of sp³-hybridized carbons (Fsp3) is 0.0625. The second-order valence-corrected chi connectivity index (χ2v) is 4.65. The van der Waals surface area contributed by atoms with Crippen molar-refractivity contribution in [3.63, 3.8) is 0 Å². The van der Waals surface area contributed by atoms with Crippen molar-refractivity contribution in [3.8, 4) is 0 Å². The molecule has 2 aromatic carbocycles. The van der Waals surface area contributed by atoms with Crippen molar-refractivity contribution in [3.05, 3.63) is 76.5 Å². The van der Waals surface area contributed by atoms with Crippen molar-refractivity contribution >= 4 is 22.3 Å². The summed E-state index contributed by atoms with van der Waals surface area (Å²) in [5.74, 6) is 0. The topological polar surface area (TPSA) is 68.1 Å². The Kier molecular flexibility index (Phi) is 3.47. The number of hydrogen-bond donors (Lipinski definition) is 1. The van der Waals surface area contributed by atoms with Gasteiger partial charge in [-0.2, -0.15) is 0 Å². The molecule has 0 spiro atoms. The van der Waals surface area contributed by atoms with E-state index in [2.05, 4.69) is 10.3 Å². The van der Waals surface area contributed by atoms with Crippen LogP contribution in [0.3, 0.4) is 0 Å². The molecule has 0 aliphatic heterocycles. The summed E-state index contributed by atoms with van der Waals surface area (Å²) in [6.45, 7) is 0.565. The van der Waals surface area contributed by atoms with Crippen LogP contribution in [0.15, 0.2) is 60.8 Å². The number of para-hydroxylation sites is 1. The molecule has 104 valence electrons. The van der Waals surface area contributed by atoms with E-state index in [0.29, 0.717) is 6.54 Å². The van der Waals surface area contributed by atoms with Crippen LogP contribution in [0, 0.1) is 10.1 Å². The van der Waals surface area contributed by atoms with Crippen molar-refractivity contribution in [2.45, 2.75) is 6.54 Å². The van der Waals surface area contributed by atoms with E-state index in [1.165, 1.54) is 12.1 Å². The Bertz CT molecular complexity index is 797. The van der Waals surface area contributed by atoms with Gasteiger partial charge in [-0.15, -0.1) is 0 Å². The number of fused-ring (bicyclic) bond motifs is 1. The molecule has 3 rings (SSSR count). The van der Waals surface area contributed by atoms with Crippen molar-refractivity contribution in [2.24, 2.45) is 0 Å². The first-order valence-corrected chi connectivity index (χ1v) is 6.55. The van der Waals surface area contributed by atoms with Gasteiger partial charge in [0.05, 0.1) is 10.4 Å². The van der Waals surface area contributed by atoms with Crippen LogP contribution >= 0.6 is 0 Å². The third-order valence-corrected chi connectivity index (χ3v) is 3.26. The number of nitro groups is 1. The lowest BCUT2D eigenvalue weighted by molar-refractivity contribution is -0.384. The van der Waals surface area contributed by atoms with Gasteiger partial charge in [0.2, 0.25) is 0 Å². The summed E-state index contributed by atoms with van der Waals surface area (Å²) in [4.78, 5) is 14.8. The zero-order chi connectivity index (χ0) is 14.7. The highest BCUT2D eigenvalue weighted by Crippen LogP contribution is 2.20. The van der Waals surface area contributed by atoms with Crippen LogP contribution in [-0.2, 0) is 6.54 Å². The minimum Gasteiger partial charge on any atom is -0.381 e. The van der Waals surface area contributed by atoms with Crippen molar-refractivity contribution in [1.82, 2.24) is 4.98 Å². The fourth-order valence-corrected chi connectivity index (χ4v) is 2.24. The summed E-state index contributed by atoms with van der Waals surface area (Å²) in [5, 5.41) is 15.1. The van der Waals surface area contributed by atoms with E-state index in [4.69, 9.17) is 0 Å². The Morgan fingerprint density at radius 2 is 1.90 bits per heavy atom. The molecule has 1 heterocycles. The van der Waals surface area contributed by atoms with Crippen LogP contribution in [0.4, 0.5) is 11.4 Å². The second-order valence-electron chi connectivity index (χ2n) is 4.65. The third kappa shape index (κ3) is 2.81. The van der Waals surface area contributed by atoms with E-state index in [9.17, 15) is 10.1 Å². The molecule has 0 amide bonds. The van der Waals surface area contributed by atoms with Crippen LogP contribution in [0.1, 0.15) is 5.56 Å². The number of pyridine rings is 1. The molecule has 3 aromatic rings. The lowest BCUT2D eigenvalue weighted by atomic mass is 10.1. The Labute approximate surface area is 121 Å². The molecule has 0 saturated heterocycles. The fourth-order valence-electron chi connectivity index (χ4n) is 2.24. The molecule has 0 bridgehead atoms. The minimum atomic E-state index is -0.398. The Morgan fingerprint density at radius 3 is 2.76 bits per heavy atom. The van der Waals surface area contributed by atoms with Crippen molar-refractivity contribution < 1.29 is 4.92 Å². The number of nitrogens with one attached hydrogen (secondary N) is 1. The number of nitro benzene ring substituents is 1. The molecule has 0 saturated carbocycles. The van der Waals surface area contributed by atoms with E-state index in [1.54, 1.807) is 12.3 Å². The van der Waals surface area contributed by atoms with Gasteiger partial charge in [0, 0.05) is 35.9 Å². The van der Waals surface area contributed by atoms with Gasteiger partial charge in [0.15, 0.2) is 0 Å². The van der Waals surface area contributed by atoms with E-state index in [-0.39, 0.29) is 5.69 Å². The number of rotatable bonds is 4. The van der Waals surface area contributed by atoms with Gasteiger partial charge < -0.3 is 5.32 Å². The van der Waals surface area contributed by atoms with Gasteiger partial charge in [-0.25, -0.2) is 0 Å².